The van der Waals surface area contributed by atoms with Crippen LogP contribution >= 0.6 is 15.9 Å². The van der Waals surface area contributed by atoms with Crippen molar-refractivity contribution in [2.45, 2.75) is 18.9 Å². The number of amides is 2. The minimum Gasteiger partial charge on any atom is -0.383 e. The third-order valence-electron chi connectivity index (χ3n) is 4.07. The van der Waals surface area contributed by atoms with Crippen molar-refractivity contribution in [3.05, 3.63) is 34.3 Å². The van der Waals surface area contributed by atoms with Crippen LogP contribution in [0, 0.1) is 0 Å². The molecule has 24 heavy (non-hydrogen) atoms. The van der Waals surface area contributed by atoms with Gasteiger partial charge >= 0.3 is 6.03 Å². The molecule has 1 atom stereocenters. The number of carbonyl (C=O) groups excluding carboxylic acids is 1. The van der Waals surface area contributed by atoms with Crippen molar-refractivity contribution in [2.24, 2.45) is 0 Å². The standard InChI is InChI=1S/C16H23BrN2O4S/c1-23-10-9-19(14-7-11-24(21,22)12-14)16(20)18-8-6-13-4-2-3-5-15(13)17/h2-5,14H,6-12H2,1H3,(H,18,20). The molecule has 1 aromatic rings. The second-order valence-corrected chi connectivity index (χ2v) is 8.90. The van der Waals surface area contributed by atoms with Gasteiger partial charge in [0.1, 0.15) is 0 Å². The van der Waals surface area contributed by atoms with Gasteiger partial charge in [-0.3, -0.25) is 0 Å². The van der Waals surface area contributed by atoms with E-state index in [1.54, 1.807) is 12.0 Å². The lowest BCUT2D eigenvalue weighted by Gasteiger charge is -2.28. The largest absolute Gasteiger partial charge is 0.383 e. The molecule has 2 amide bonds. The number of rotatable bonds is 7. The Hall–Kier alpha value is -1.12. The van der Waals surface area contributed by atoms with E-state index in [2.05, 4.69) is 21.2 Å². The fraction of sp³-hybridized carbons (Fsp3) is 0.562. The van der Waals surface area contributed by atoms with E-state index in [0.717, 1.165) is 10.0 Å². The van der Waals surface area contributed by atoms with Crippen LogP contribution in [0.2, 0.25) is 0 Å². The van der Waals surface area contributed by atoms with E-state index in [4.69, 9.17) is 4.74 Å². The molecule has 0 radical (unpaired) electrons. The molecule has 1 aliphatic heterocycles. The average Bonchev–Trinajstić information content (AvgIpc) is 2.89. The summed E-state index contributed by atoms with van der Waals surface area (Å²) in [5, 5.41) is 2.89. The minimum absolute atomic E-state index is 0.0361. The molecular weight excluding hydrogens is 396 g/mol. The highest BCUT2D eigenvalue weighted by Crippen LogP contribution is 2.18. The van der Waals surface area contributed by atoms with Gasteiger partial charge in [0.05, 0.1) is 18.1 Å². The summed E-state index contributed by atoms with van der Waals surface area (Å²) in [7, 11) is -1.47. The van der Waals surface area contributed by atoms with Gasteiger partial charge in [-0.1, -0.05) is 34.1 Å². The van der Waals surface area contributed by atoms with Crippen LogP contribution in [0.5, 0.6) is 0 Å². The highest BCUT2D eigenvalue weighted by Gasteiger charge is 2.34. The molecule has 1 aliphatic rings. The van der Waals surface area contributed by atoms with Crippen LogP contribution in [-0.4, -0.2) is 63.7 Å². The van der Waals surface area contributed by atoms with E-state index in [-0.39, 0.29) is 23.6 Å². The van der Waals surface area contributed by atoms with Crippen LogP contribution < -0.4 is 5.32 Å². The molecular formula is C16H23BrN2O4S. The second kappa shape index (κ2) is 8.82. The summed E-state index contributed by atoms with van der Waals surface area (Å²) in [6, 6.07) is 7.36. The van der Waals surface area contributed by atoms with Crippen LogP contribution in [0.15, 0.2) is 28.7 Å². The summed E-state index contributed by atoms with van der Waals surface area (Å²) in [5.41, 5.74) is 1.12. The number of benzene rings is 1. The number of nitrogens with zero attached hydrogens (tertiary/aromatic N) is 1. The predicted molar refractivity (Wildman–Crippen MR) is 96.9 cm³/mol. The van der Waals surface area contributed by atoms with Crippen molar-refractivity contribution in [3.8, 4) is 0 Å². The number of ether oxygens (including phenoxy) is 1. The van der Waals surface area contributed by atoms with Crippen LogP contribution in [0.3, 0.4) is 0 Å². The molecule has 1 heterocycles. The summed E-state index contributed by atoms with van der Waals surface area (Å²) < 4.78 is 29.4. The Bertz CT molecular complexity index is 666. The van der Waals surface area contributed by atoms with Crippen molar-refractivity contribution in [1.82, 2.24) is 10.2 Å². The Morgan fingerprint density at radius 3 is 2.79 bits per heavy atom. The summed E-state index contributed by atoms with van der Waals surface area (Å²) in [5.74, 6) is 0.180. The van der Waals surface area contributed by atoms with Crippen LogP contribution in [-0.2, 0) is 21.0 Å². The second-order valence-electron chi connectivity index (χ2n) is 5.82. The maximum absolute atomic E-state index is 12.5. The lowest BCUT2D eigenvalue weighted by Crippen LogP contribution is -2.48. The summed E-state index contributed by atoms with van der Waals surface area (Å²) in [6.45, 7) is 1.26. The molecule has 0 aromatic heterocycles. The quantitative estimate of drug-likeness (QED) is 0.732. The molecule has 0 aliphatic carbocycles. The molecule has 8 heteroatoms. The van der Waals surface area contributed by atoms with Crippen molar-refractivity contribution in [3.63, 3.8) is 0 Å². The number of methoxy groups -OCH3 is 1. The first kappa shape index (κ1) is 19.2. The van der Waals surface area contributed by atoms with Crippen molar-refractivity contribution >= 4 is 31.8 Å². The fourth-order valence-corrected chi connectivity index (χ4v) is 4.98. The van der Waals surface area contributed by atoms with E-state index in [9.17, 15) is 13.2 Å². The maximum atomic E-state index is 12.5. The molecule has 1 saturated heterocycles. The highest BCUT2D eigenvalue weighted by atomic mass is 79.9. The van der Waals surface area contributed by atoms with Gasteiger partial charge < -0.3 is 15.0 Å². The van der Waals surface area contributed by atoms with Crippen LogP contribution in [0.4, 0.5) is 4.79 Å². The number of urea groups is 1. The van der Waals surface area contributed by atoms with E-state index in [1.807, 2.05) is 24.3 Å². The van der Waals surface area contributed by atoms with Gasteiger partial charge in [0.25, 0.3) is 0 Å². The number of halogens is 1. The maximum Gasteiger partial charge on any atom is 0.317 e. The van der Waals surface area contributed by atoms with E-state index < -0.39 is 9.84 Å². The predicted octanol–water partition coefficient (Wildman–Crippen LogP) is 1.84. The first-order chi connectivity index (χ1) is 11.4. The molecule has 1 aromatic carbocycles. The molecule has 0 spiro atoms. The Balaban J connectivity index is 1.91. The first-order valence-corrected chi connectivity index (χ1v) is 10.5. The van der Waals surface area contributed by atoms with E-state index in [0.29, 0.717) is 32.5 Å². The fourth-order valence-electron chi connectivity index (χ4n) is 2.77. The van der Waals surface area contributed by atoms with Crippen molar-refractivity contribution in [2.75, 3.05) is 38.3 Å². The van der Waals surface area contributed by atoms with Crippen molar-refractivity contribution in [1.29, 1.82) is 0 Å². The van der Waals surface area contributed by atoms with Gasteiger partial charge in [-0.2, -0.15) is 0 Å². The molecule has 1 unspecified atom stereocenters. The number of hydrogen-bond donors (Lipinski definition) is 1. The Morgan fingerprint density at radius 1 is 1.42 bits per heavy atom. The Labute approximate surface area is 151 Å². The highest BCUT2D eigenvalue weighted by molar-refractivity contribution is 9.10. The summed E-state index contributed by atoms with van der Waals surface area (Å²) in [6.07, 6.45) is 1.19. The SMILES string of the molecule is COCCN(C(=O)NCCc1ccccc1Br)C1CCS(=O)(=O)C1. The molecule has 1 N–H and O–H groups in total. The lowest BCUT2D eigenvalue weighted by molar-refractivity contribution is 0.134. The van der Waals surface area contributed by atoms with Gasteiger partial charge in [0.2, 0.25) is 0 Å². The zero-order valence-electron chi connectivity index (χ0n) is 13.7. The van der Waals surface area contributed by atoms with E-state index in [1.165, 1.54) is 0 Å². The van der Waals surface area contributed by atoms with E-state index >= 15 is 0 Å². The number of hydrogen-bond acceptors (Lipinski definition) is 4. The smallest absolute Gasteiger partial charge is 0.317 e. The average molecular weight is 419 g/mol. The third-order valence-corrected chi connectivity index (χ3v) is 6.60. The topological polar surface area (TPSA) is 75.7 Å². The molecule has 2 rings (SSSR count). The first-order valence-electron chi connectivity index (χ1n) is 7.90. The summed E-state index contributed by atoms with van der Waals surface area (Å²) >= 11 is 3.49. The van der Waals surface area contributed by atoms with Crippen molar-refractivity contribution < 1.29 is 17.9 Å². The molecule has 134 valence electrons. The van der Waals surface area contributed by atoms with Crippen LogP contribution in [0.25, 0.3) is 0 Å². The van der Waals surface area contributed by atoms with Crippen LogP contribution in [0.1, 0.15) is 12.0 Å². The molecule has 6 nitrogen and oxygen atoms in total. The molecule has 0 saturated carbocycles. The third kappa shape index (κ3) is 5.46. The summed E-state index contributed by atoms with van der Waals surface area (Å²) in [4.78, 5) is 14.1. The van der Waals surface area contributed by atoms with Gasteiger partial charge in [-0.05, 0) is 24.5 Å². The molecule has 0 bridgehead atoms. The monoisotopic (exact) mass is 418 g/mol. The molecule has 1 fully saturated rings. The van der Waals surface area contributed by atoms with Gasteiger partial charge in [-0.25, -0.2) is 13.2 Å². The number of carbonyl (C=O) groups is 1. The zero-order chi connectivity index (χ0) is 17.6. The van der Waals surface area contributed by atoms with Gasteiger partial charge in [0.15, 0.2) is 9.84 Å². The number of sulfone groups is 1. The number of nitrogens with one attached hydrogen (secondary N) is 1. The minimum atomic E-state index is -3.04. The normalized spacial score (nSPS) is 19.2. The Morgan fingerprint density at radius 2 is 2.17 bits per heavy atom. The lowest BCUT2D eigenvalue weighted by atomic mass is 10.1. The van der Waals surface area contributed by atoms with Gasteiger partial charge in [-0.15, -0.1) is 0 Å². The zero-order valence-corrected chi connectivity index (χ0v) is 16.1. The Kier molecular flexibility index (Phi) is 7.06. The van der Waals surface area contributed by atoms with Gasteiger partial charge in [0, 0.05) is 30.7 Å².